The molecule has 0 fully saturated rings. The first kappa shape index (κ1) is 1.47. The van der Waals surface area contributed by atoms with E-state index >= 15 is 0 Å². The van der Waals surface area contributed by atoms with Crippen LogP contribution in [-0.2, 0) is 6.37 Å². The Labute approximate surface area is 88.1 Å². The van der Waals surface area contributed by atoms with Gasteiger partial charge in [0.25, 0.3) is 0 Å². The fourth-order valence-corrected chi connectivity index (χ4v) is 0.469. The minimum Gasteiger partial charge on any atom is -0.317 e. The van der Waals surface area contributed by atoms with E-state index < -0.39 is 62.0 Å². The van der Waals surface area contributed by atoms with Gasteiger partial charge in [-0.25, -0.2) is 0 Å². The molecule has 0 aliphatic rings. The predicted molar refractivity (Wildman–Crippen MR) is 48.7 cm³/mol. The third-order valence-electron chi connectivity index (χ3n) is 0.875. The molecule has 11 heavy (non-hydrogen) atoms. The molecule has 0 amide bonds. The highest BCUT2D eigenvalue weighted by atomic mass is 14.8. The Morgan fingerprint density at radius 1 is 1.73 bits per heavy atom. The van der Waals surface area contributed by atoms with E-state index in [4.69, 9.17) is 19.2 Å². The maximum atomic E-state index is 8.04. The smallest absolute Gasteiger partial charge is 0.0626 e. The molecule has 1 heteroatoms. The highest BCUT2D eigenvalue weighted by Crippen LogP contribution is 2.01. The number of nitrogens with one attached hydrogen (secondary N) is 1. The fraction of sp³-hybridized carbons (Fsp3) is 0.400. The lowest BCUT2D eigenvalue weighted by Gasteiger charge is -2.08. The van der Waals surface area contributed by atoms with Crippen LogP contribution in [0.4, 0.5) is 0 Å². The van der Waals surface area contributed by atoms with Gasteiger partial charge in [-0.05, 0) is 25.8 Å². The van der Waals surface area contributed by atoms with E-state index in [-0.39, 0.29) is 0 Å². The van der Waals surface area contributed by atoms with E-state index in [1.165, 1.54) is 5.32 Å². The maximum absolute atomic E-state index is 8.04. The summed E-state index contributed by atoms with van der Waals surface area (Å²) >= 11 is 0. The van der Waals surface area contributed by atoms with Gasteiger partial charge < -0.3 is 5.32 Å². The van der Waals surface area contributed by atoms with Gasteiger partial charge in [0.1, 0.15) is 0 Å². The Bertz CT molecular complexity index is 645. The van der Waals surface area contributed by atoms with Gasteiger partial charge in [0.15, 0.2) is 0 Å². The third-order valence-corrected chi connectivity index (χ3v) is 0.875. The van der Waals surface area contributed by atoms with Crippen molar-refractivity contribution in [2.75, 3.05) is 6.98 Å². The number of hydrogen-bond acceptors (Lipinski definition) is 1. The van der Waals surface area contributed by atoms with Crippen molar-refractivity contribution in [1.82, 2.24) is 5.32 Å². The normalized spacial score (nSPS) is 37.8. The molecule has 0 radical (unpaired) electrons. The van der Waals surface area contributed by atoms with Crippen LogP contribution in [0.5, 0.6) is 0 Å². The van der Waals surface area contributed by atoms with Gasteiger partial charge in [-0.15, -0.1) is 0 Å². The lowest BCUT2D eigenvalue weighted by molar-refractivity contribution is 0.608. The second-order valence-electron chi connectivity index (χ2n) is 1.62. The Kier molecular flexibility index (Phi) is 0.552. The van der Waals surface area contributed by atoms with E-state index in [9.17, 15) is 0 Å². The Hall–Kier alpha value is -0.820. The first-order chi connectivity index (χ1) is 10.9. The summed E-state index contributed by atoms with van der Waals surface area (Å²) in [5, 5.41) is 1.41. The number of benzene rings is 1. The number of likely N-dealkylation sites (N-methyl/N-ethyl adjacent to an activating group) is 1. The molecule has 1 nitrogen and oxygen atoms in total. The highest BCUT2D eigenvalue weighted by molar-refractivity contribution is 5.15. The maximum Gasteiger partial charge on any atom is 0.0626 e. The molecule has 60 valence electrons. The third kappa shape index (κ3) is 2.72. The molecule has 1 aromatic carbocycles. The van der Waals surface area contributed by atoms with Crippen molar-refractivity contribution in [1.29, 1.82) is 0 Å². The minimum absolute atomic E-state index is 0.831. The largest absolute Gasteiger partial charge is 0.317 e. The standard InChI is InChI=1S/C10H15N/c1-9(11-2)8-10-6-4-3-5-7-10/h3-7,9,11H,8H2,1-2H3/i1D3,2D3,3D,4D,5D,6D,7D,8D2,9D. The molecular formula is C10H15N. The first-order valence-electron chi connectivity index (χ1n) is 9.75. The summed E-state index contributed by atoms with van der Waals surface area (Å²) in [6.45, 7) is -6.79. The number of hydrogen-bond donors (Lipinski definition) is 1. The van der Waals surface area contributed by atoms with Crippen molar-refractivity contribution >= 4 is 0 Å². The van der Waals surface area contributed by atoms with Crippen LogP contribution in [0.3, 0.4) is 0 Å². The topological polar surface area (TPSA) is 12.0 Å². The molecule has 1 aromatic rings. The summed E-state index contributed by atoms with van der Waals surface area (Å²) in [6, 6.07) is -8.31. The molecule has 0 spiro atoms. The van der Waals surface area contributed by atoms with Gasteiger partial charge in [0.05, 0.1) is 6.85 Å². The predicted octanol–water partition coefficient (Wildman–Crippen LogP) is 1.84. The van der Waals surface area contributed by atoms with Gasteiger partial charge >= 0.3 is 0 Å². The molecule has 0 saturated heterocycles. The molecule has 1 rings (SSSR count). The molecule has 0 saturated carbocycles. The van der Waals surface area contributed by atoms with Crippen molar-refractivity contribution in [3.63, 3.8) is 0 Å². The fourth-order valence-electron chi connectivity index (χ4n) is 0.469. The van der Waals surface area contributed by atoms with Crippen LogP contribution in [0, 0.1) is 0 Å². The van der Waals surface area contributed by atoms with Gasteiger partial charge in [-0.2, -0.15) is 0 Å². The molecule has 0 bridgehead atoms. The van der Waals surface area contributed by atoms with Crippen LogP contribution in [-0.4, -0.2) is 13.0 Å². The van der Waals surface area contributed by atoms with Crippen LogP contribution >= 0.6 is 0 Å². The summed E-state index contributed by atoms with van der Waals surface area (Å²) in [7, 11) is 0. The molecule has 0 aromatic heterocycles. The zero-order valence-corrected chi connectivity index (χ0v) is 5.50. The summed E-state index contributed by atoms with van der Waals surface area (Å²) in [5.41, 5.74) is -1.11. The summed E-state index contributed by atoms with van der Waals surface area (Å²) < 4.78 is 106. The summed E-state index contributed by atoms with van der Waals surface area (Å²) in [5.74, 6) is 0. The van der Waals surface area contributed by atoms with E-state index in [0.717, 1.165) is 0 Å². The first-order valence-corrected chi connectivity index (χ1v) is 2.75. The SMILES string of the molecule is [2H]c1c([2H])c([2H])c(C([2H])([2H])C([2H])(NC([2H])([2H])[2H])C([2H])([2H])[2H])c([2H])c1[2H]. The Morgan fingerprint density at radius 3 is 3.18 bits per heavy atom. The van der Waals surface area contributed by atoms with Crippen LogP contribution in [0.25, 0.3) is 0 Å². The van der Waals surface area contributed by atoms with Crippen molar-refractivity contribution in [3.8, 4) is 0 Å². The monoisotopic (exact) mass is 163 g/mol. The molecule has 0 heterocycles. The van der Waals surface area contributed by atoms with Crippen molar-refractivity contribution < 1.29 is 19.2 Å². The van der Waals surface area contributed by atoms with Crippen LogP contribution in [0.15, 0.2) is 30.2 Å². The van der Waals surface area contributed by atoms with Crippen molar-refractivity contribution in [3.05, 3.63) is 35.8 Å². The van der Waals surface area contributed by atoms with Crippen LogP contribution < -0.4 is 5.32 Å². The summed E-state index contributed by atoms with van der Waals surface area (Å²) in [4.78, 5) is 0. The molecule has 1 atom stereocenters. The zero-order chi connectivity index (χ0) is 20.2. The lowest BCUT2D eigenvalue weighted by atomic mass is 10.1. The average Bonchev–Trinajstić information content (AvgIpc) is 2.39. The van der Waals surface area contributed by atoms with Crippen LogP contribution in [0.2, 0.25) is 0 Å². The van der Waals surface area contributed by atoms with Gasteiger partial charge in [0.2, 0.25) is 0 Å². The van der Waals surface area contributed by atoms with Gasteiger partial charge in [-0.3, -0.25) is 0 Å². The molecule has 0 aliphatic carbocycles. The second kappa shape index (κ2) is 4.14. The van der Waals surface area contributed by atoms with E-state index in [1.54, 1.807) is 0 Å². The van der Waals surface area contributed by atoms with E-state index in [0.29, 0.717) is 0 Å². The van der Waals surface area contributed by atoms with Crippen molar-refractivity contribution in [2.45, 2.75) is 19.2 Å². The highest BCUT2D eigenvalue weighted by Gasteiger charge is 1.97. The quantitative estimate of drug-likeness (QED) is 0.717. The molecule has 0 aliphatic heterocycles. The van der Waals surface area contributed by atoms with E-state index in [1.807, 2.05) is 0 Å². The van der Waals surface area contributed by atoms with E-state index in [2.05, 4.69) is 0 Å². The molecule has 1 unspecified atom stereocenters. The molecule has 1 N–H and O–H groups in total. The summed E-state index contributed by atoms with van der Waals surface area (Å²) in [6.07, 6.45) is -3.47. The van der Waals surface area contributed by atoms with Gasteiger partial charge in [-0.1, -0.05) is 30.2 Å². The lowest BCUT2D eigenvalue weighted by Crippen LogP contribution is -2.23. The van der Waals surface area contributed by atoms with Gasteiger partial charge in [0, 0.05) is 18.4 Å². The van der Waals surface area contributed by atoms with Crippen molar-refractivity contribution in [2.24, 2.45) is 0 Å². The zero-order valence-electron chi connectivity index (χ0n) is 19.5. The number of rotatable bonds is 3. The second-order valence-corrected chi connectivity index (χ2v) is 1.62. The Balaban J connectivity index is 3.85. The Morgan fingerprint density at radius 2 is 2.55 bits per heavy atom. The average molecular weight is 163 g/mol. The molecular weight excluding hydrogens is 134 g/mol. The van der Waals surface area contributed by atoms with Crippen LogP contribution in [0.1, 0.15) is 31.6 Å². The minimum atomic E-state index is -3.55.